The van der Waals surface area contributed by atoms with E-state index < -0.39 is 6.10 Å². The van der Waals surface area contributed by atoms with Crippen LogP contribution in [0.1, 0.15) is 31.1 Å². The number of nitrogens with zero attached hydrogens (tertiary/aromatic N) is 3. The lowest BCUT2D eigenvalue weighted by Crippen LogP contribution is -2.29. The van der Waals surface area contributed by atoms with Crippen molar-refractivity contribution in [2.45, 2.75) is 32.4 Å². The minimum absolute atomic E-state index is 0.276. The molecule has 0 bridgehead atoms. The van der Waals surface area contributed by atoms with Gasteiger partial charge in [-0.2, -0.15) is 5.10 Å². The van der Waals surface area contributed by atoms with Crippen LogP contribution in [0.5, 0.6) is 0 Å². The molecular formula is C8H16N4O. The Kier molecular flexibility index (Phi) is 3.00. The Morgan fingerprint density at radius 3 is 2.62 bits per heavy atom. The molecule has 5 nitrogen and oxygen atoms in total. The van der Waals surface area contributed by atoms with E-state index in [1.807, 2.05) is 6.92 Å². The summed E-state index contributed by atoms with van der Waals surface area (Å²) >= 11 is 0. The molecule has 0 saturated carbocycles. The van der Waals surface area contributed by atoms with E-state index in [0.29, 0.717) is 18.1 Å². The number of nitrogens with two attached hydrogens (primary N) is 1. The van der Waals surface area contributed by atoms with Crippen LogP contribution in [0, 0.1) is 6.92 Å². The molecule has 0 radical (unpaired) electrons. The summed E-state index contributed by atoms with van der Waals surface area (Å²) in [5.41, 5.74) is 5.70. The number of hydrogen-bond acceptors (Lipinski definition) is 4. The first-order chi connectivity index (χ1) is 6.06. The predicted molar refractivity (Wildman–Crippen MR) is 49.0 cm³/mol. The predicted octanol–water partition coefficient (Wildman–Crippen LogP) is -0.106. The van der Waals surface area contributed by atoms with Crippen LogP contribution in [0.2, 0.25) is 0 Å². The van der Waals surface area contributed by atoms with Crippen molar-refractivity contribution < 1.29 is 5.11 Å². The highest BCUT2D eigenvalue weighted by atomic mass is 16.3. The van der Waals surface area contributed by atoms with Gasteiger partial charge < -0.3 is 10.8 Å². The molecule has 0 aliphatic rings. The van der Waals surface area contributed by atoms with Crippen molar-refractivity contribution in [2.75, 3.05) is 0 Å². The standard InChI is InChI=1S/C8H16N4O/c1-4-6(9)7(13)8-10-5(2)11-12(8)3/h6-7,13H,4,9H2,1-3H3. The van der Waals surface area contributed by atoms with Gasteiger partial charge in [-0.05, 0) is 13.3 Å². The zero-order valence-electron chi connectivity index (χ0n) is 8.23. The molecule has 13 heavy (non-hydrogen) atoms. The van der Waals surface area contributed by atoms with Crippen molar-refractivity contribution in [1.29, 1.82) is 0 Å². The largest absolute Gasteiger partial charge is 0.383 e. The smallest absolute Gasteiger partial charge is 0.157 e. The normalized spacial score (nSPS) is 15.8. The number of aryl methyl sites for hydroxylation is 2. The molecule has 1 heterocycles. The van der Waals surface area contributed by atoms with E-state index in [4.69, 9.17) is 5.73 Å². The lowest BCUT2D eigenvalue weighted by atomic mass is 10.1. The van der Waals surface area contributed by atoms with Crippen LogP contribution in [0.15, 0.2) is 0 Å². The summed E-state index contributed by atoms with van der Waals surface area (Å²) in [4.78, 5) is 4.10. The van der Waals surface area contributed by atoms with Gasteiger partial charge in [0.2, 0.25) is 0 Å². The highest BCUT2D eigenvalue weighted by molar-refractivity contribution is 4.97. The van der Waals surface area contributed by atoms with Crippen LogP contribution in [0.25, 0.3) is 0 Å². The fraction of sp³-hybridized carbons (Fsp3) is 0.750. The Labute approximate surface area is 77.6 Å². The molecule has 0 aromatic carbocycles. The van der Waals surface area contributed by atoms with Gasteiger partial charge in [0, 0.05) is 13.1 Å². The quantitative estimate of drug-likeness (QED) is 0.687. The van der Waals surface area contributed by atoms with Crippen molar-refractivity contribution in [3.63, 3.8) is 0 Å². The Bertz CT molecular complexity index is 284. The van der Waals surface area contributed by atoms with E-state index in [1.54, 1.807) is 18.7 Å². The molecule has 0 amide bonds. The second kappa shape index (κ2) is 3.85. The fourth-order valence-electron chi connectivity index (χ4n) is 1.20. The molecule has 1 aromatic heterocycles. The summed E-state index contributed by atoms with van der Waals surface area (Å²) < 4.78 is 1.56. The van der Waals surface area contributed by atoms with Crippen LogP contribution in [-0.4, -0.2) is 25.9 Å². The molecule has 2 unspecified atom stereocenters. The third-order valence-corrected chi connectivity index (χ3v) is 2.04. The van der Waals surface area contributed by atoms with Crippen LogP contribution in [0.4, 0.5) is 0 Å². The van der Waals surface area contributed by atoms with Gasteiger partial charge in [0.25, 0.3) is 0 Å². The first-order valence-electron chi connectivity index (χ1n) is 4.37. The van der Waals surface area contributed by atoms with Crippen LogP contribution in [-0.2, 0) is 7.05 Å². The van der Waals surface area contributed by atoms with E-state index in [-0.39, 0.29) is 6.04 Å². The van der Waals surface area contributed by atoms with E-state index >= 15 is 0 Å². The van der Waals surface area contributed by atoms with Crippen LogP contribution in [0.3, 0.4) is 0 Å². The van der Waals surface area contributed by atoms with Crippen molar-refractivity contribution in [3.05, 3.63) is 11.6 Å². The summed E-state index contributed by atoms with van der Waals surface area (Å²) in [6.07, 6.45) is -0.0104. The SMILES string of the molecule is CCC(N)C(O)c1nc(C)nn1C. The van der Waals surface area contributed by atoms with Crippen molar-refractivity contribution in [3.8, 4) is 0 Å². The van der Waals surface area contributed by atoms with Crippen molar-refractivity contribution >= 4 is 0 Å². The summed E-state index contributed by atoms with van der Waals surface area (Å²) in [6, 6.07) is -0.276. The molecule has 74 valence electrons. The third-order valence-electron chi connectivity index (χ3n) is 2.04. The topological polar surface area (TPSA) is 77.0 Å². The molecule has 0 spiro atoms. The zero-order chi connectivity index (χ0) is 10.0. The Morgan fingerprint density at radius 2 is 2.23 bits per heavy atom. The number of aromatic nitrogens is 3. The zero-order valence-corrected chi connectivity index (χ0v) is 8.23. The molecule has 0 aliphatic carbocycles. The highest BCUT2D eigenvalue weighted by Gasteiger charge is 2.20. The molecule has 0 fully saturated rings. The summed E-state index contributed by atoms with van der Waals surface area (Å²) in [7, 11) is 1.75. The van der Waals surface area contributed by atoms with Gasteiger partial charge in [-0.1, -0.05) is 6.92 Å². The van der Waals surface area contributed by atoms with Gasteiger partial charge >= 0.3 is 0 Å². The lowest BCUT2D eigenvalue weighted by molar-refractivity contribution is 0.131. The van der Waals surface area contributed by atoms with Crippen molar-refractivity contribution in [2.24, 2.45) is 12.8 Å². The molecule has 3 N–H and O–H groups in total. The highest BCUT2D eigenvalue weighted by Crippen LogP contribution is 2.14. The maximum absolute atomic E-state index is 9.73. The monoisotopic (exact) mass is 184 g/mol. The van der Waals surface area contributed by atoms with Gasteiger partial charge in [0.15, 0.2) is 5.82 Å². The first kappa shape index (κ1) is 10.1. The van der Waals surface area contributed by atoms with Gasteiger partial charge in [0.1, 0.15) is 11.9 Å². The number of aliphatic hydroxyl groups is 1. The van der Waals surface area contributed by atoms with E-state index in [9.17, 15) is 5.11 Å². The summed E-state index contributed by atoms with van der Waals surface area (Å²) in [6.45, 7) is 3.71. The van der Waals surface area contributed by atoms with Gasteiger partial charge in [-0.3, -0.25) is 4.68 Å². The molecule has 0 aliphatic heterocycles. The number of rotatable bonds is 3. The van der Waals surface area contributed by atoms with Gasteiger partial charge in [-0.25, -0.2) is 4.98 Å². The average Bonchev–Trinajstić information content (AvgIpc) is 2.42. The van der Waals surface area contributed by atoms with E-state index in [0.717, 1.165) is 0 Å². The molecule has 5 heteroatoms. The fourth-order valence-corrected chi connectivity index (χ4v) is 1.20. The van der Waals surface area contributed by atoms with E-state index in [1.165, 1.54) is 0 Å². The minimum atomic E-state index is -0.726. The first-order valence-corrected chi connectivity index (χ1v) is 4.37. The second-order valence-corrected chi connectivity index (χ2v) is 3.16. The van der Waals surface area contributed by atoms with Crippen LogP contribution >= 0.6 is 0 Å². The third kappa shape index (κ3) is 2.05. The summed E-state index contributed by atoms with van der Waals surface area (Å²) in [5, 5.41) is 13.8. The van der Waals surface area contributed by atoms with Crippen molar-refractivity contribution in [1.82, 2.24) is 14.8 Å². The van der Waals surface area contributed by atoms with E-state index in [2.05, 4.69) is 10.1 Å². The number of aliphatic hydroxyl groups excluding tert-OH is 1. The molecule has 2 atom stereocenters. The van der Waals surface area contributed by atoms with Gasteiger partial charge in [-0.15, -0.1) is 0 Å². The maximum atomic E-state index is 9.73. The Balaban J connectivity index is 2.87. The molecular weight excluding hydrogens is 168 g/mol. The Morgan fingerprint density at radius 1 is 1.62 bits per heavy atom. The average molecular weight is 184 g/mol. The second-order valence-electron chi connectivity index (χ2n) is 3.16. The number of hydrogen-bond donors (Lipinski definition) is 2. The van der Waals surface area contributed by atoms with Crippen LogP contribution < -0.4 is 5.73 Å². The molecule has 1 rings (SSSR count). The maximum Gasteiger partial charge on any atom is 0.157 e. The molecule has 1 aromatic rings. The molecule has 0 saturated heterocycles. The van der Waals surface area contributed by atoms with Gasteiger partial charge in [0.05, 0.1) is 0 Å². The minimum Gasteiger partial charge on any atom is -0.383 e. The lowest BCUT2D eigenvalue weighted by Gasteiger charge is -2.15. The Hall–Kier alpha value is -0.940. The summed E-state index contributed by atoms with van der Waals surface area (Å²) in [5.74, 6) is 1.19.